The number of amides is 2. The molecule has 26 heavy (non-hydrogen) atoms. The summed E-state index contributed by atoms with van der Waals surface area (Å²) in [6.45, 7) is 2.08. The van der Waals surface area contributed by atoms with Crippen LogP contribution < -0.4 is 5.32 Å². The Hall–Kier alpha value is -2.81. The van der Waals surface area contributed by atoms with E-state index in [1.165, 1.54) is 0 Å². The second-order valence-electron chi connectivity index (χ2n) is 6.11. The molecule has 1 aliphatic rings. The number of likely N-dealkylation sites (tertiary alicyclic amines) is 1. The zero-order valence-electron chi connectivity index (χ0n) is 14.7. The zero-order chi connectivity index (χ0) is 18.4. The van der Waals surface area contributed by atoms with Crippen molar-refractivity contribution in [2.24, 2.45) is 0 Å². The van der Waals surface area contributed by atoms with E-state index in [0.717, 1.165) is 12.8 Å². The molecular formula is C17H22N6O3. The van der Waals surface area contributed by atoms with Crippen molar-refractivity contribution in [1.82, 2.24) is 30.2 Å². The number of carbonyl (C=O) groups excluding carboxylic acids is 2. The molecule has 9 heteroatoms. The normalized spacial score (nSPS) is 16.7. The van der Waals surface area contributed by atoms with Crippen LogP contribution in [0.3, 0.4) is 0 Å². The van der Waals surface area contributed by atoms with Crippen molar-refractivity contribution in [3.05, 3.63) is 42.0 Å². The lowest BCUT2D eigenvalue weighted by Crippen LogP contribution is -2.38. The standard InChI is InChI=1S/C17H22N6O3/c1-26-10-8-19-16(24)15-12-22(21-20-15)11-14-3-2-9-23(14)17(25)13-4-6-18-7-5-13/h4-7,12,14H,2-3,8-11H2,1H3,(H,19,24)/t14-/m0/s1. The van der Waals surface area contributed by atoms with Crippen molar-refractivity contribution in [3.8, 4) is 0 Å². The van der Waals surface area contributed by atoms with Gasteiger partial charge >= 0.3 is 0 Å². The molecule has 1 atom stereocenters. The lowest BCUT2D eigenvalue weighted by molar-refractivity contribution is 0.0720. The number of hydrogen-bond acceptors (Lipinski definition) is 6. The Morgan fingerprint density at radius 2 is 2.15 bits per heavy atom. The number of rotatable bonds is 7. The van der Waals surface area contributed by atoms with Crippen LogP contribution in [-0.2, 0) is 11.3 Å². The van der Waals surface area contributed by atoms with Gasteiger partial charge in [0.25, 0.3) is 11.8 Å². The minimum absolute atomic E-state index is 0.00690. The Kier molecular flexibility index (Phi) is 5.90. The van der Waals surface area contributed by atoms with E-state index in [1.54, 1.807) is 42.5 Å². The van der Waals surface area contributed by atoms with Crippen LogP contribution in [-0.4, -0.2) is 69.5 Å². The van der Waals surface area contributed by atoms with Crippen molar-refractivity contribution in [3.63, 3.8) is 0 Å². The molecule has 0 aliphatic carbocycles. The second kappa shape index (κ2) is 8.52. The number of aromatic nitrogens is 4. The summed E-state index contributed by atoms with van der Waals surface area (Å²) in [4.78, 5) is 30.5. The average molecular weight is 358 g/mol. The highest BCUT2D eigenvalue weighted by atomic mass is 16.5. The Morgan fingerprint density at radius 3 is 2.92 bits per heavy atom. The molecule has 2 aromatic rings. The van der Waals surface area contributed by atoms with Crippen LogP contribution in [0.1, 0.15) is 33.7 Å². The van der Waals surface area contributed by atoms with Crippen LogP contribution in [0.5, 0.6) is 0 Å². The van der Waals surface area contributed by atoms with Gasteiger partial charge in [0.15, 0.2) is 5.69 Å². The van der Waals surface area contributed by atoms with Crippen LogP contribution in [0.2, 0.25) is 0 Å². The van der Waals surface area contributed by atoms with E-state index >= 15 is 0 Å². The molecule has 2 amide bonds. The van der Waals surface area contributed by atoms with E-state index < -0.39 is 0 Å². The molecule has 0 saturated carbocycles. The second-order valence-corrected chi connectivity index (χ2v) is 6.11. The Balaban J connectivity index is 1.61. The molecule has 9 nitrogen and oxygen atoms in total. The fourth-order valence-corrected chi connectivity index (χ4v) is 3.02. The molecule has 1 saturated heterocycles. The van der Waals surface area contributed by atoms with E-state index in [-0.39, 0.29) is 23.6 Å². The number of nitrogens with one attached hydrogen (secondary N) is 1. The third kappa shape index (κ3) is 4.23. The maximum absolute atomic E-state index is 12.7. The zero-order valence-corrected chi connectivity index (χ0v) is 14.7. The smallest absolute Gasteiger partial charge is 0.273 e. The molecule has 0 bridgehead atoms. The minimum Gasteiger partial charge on any atom is -0.383 e. The number of ether oxygens (including phenoxy) is 1. The van der Waals surface area contributed by atoms with Gasteiger partial charge in [-0.2, -0.15) is 0 Å². The molecule has 3 rings (SSSR count). The summed E-state index contributed by atoms with van der Waals surface area (Å²) in [5, 5.41) is 10.6. The highest BCUT2D eigenvalue weighted by Gasteiger charge is 2.30. The average Bonchev–Trinajstić information content (AvgIpc) is 3.32. The topological polar surface area (TPSA) is 102 Å². The van der Waals surface area contributed by atoms with Gasteiger partial charge in [-0.05, 0) is 25.0 Å². The van der Waals surface area contributed by atoms with Gasteiger partial charge in [0.05, 0.1) is 25.4 Å². The summed E-state index contributed by atoms with van der Waals surface area (Å²) in [6, 6.07) is 3.47. The minimum atomic E-state index is -0.288. The van der Waals surface area contributed by atoms with Gasteiger partial charge in [-0.1, -0.05) is 5.21 Å². The molecule has 1 N–H and O–H groups in total. The first-order valence-electron chi connectivity index (χ1n) is 8.57. The highest BCUT2D eigenvalue weighted by molar-refractivity contribution is 5.94. The maximum atomic E-state index is 12.7. The van der Waals surface area contributed by atoms with Crippen LogP contribution >= 0.6 is 0 Å². The van der Waals surface area contributed by atoms with Gasteiger partial charge in [0.1, 0.15) is 0 Å². The predicted octanol–water partition coefficient (Wildman–Crippen LogP) is 0.354. The van der Waals surface area contributed by atoms with Crippen LogP contribution in [0, 0.1) is 0 Å². The SMILES string of the molecule is COCCNC(=O)c1cn(C[C@@H]2CCCN2C(=O)c2ccncc2)nn1. The molecule has 1 fully saturated rings. The van der Waals surface area contributed by atoms with E-state index in [1.807, 2.05) is 4.90 Å². The summed E-state index contributed by atoms with van der Waals surface area (Å²) >= 11 is 0. The molecule has 1 aliphatic heterocycles. The van der Waals surface area contributed by atoms with E-state index in [2.05, 4.69) is 20.6 Å². The van der Waals surface area contributed by atoms with E-state index in [9.17, 15) is 9.59 Å². The van der Waals surface area contributed by atoms with Crippen molar-refractivity contribution in [1.29, 1.82) is 0 Å². The fraction of sp³-hybridized carbons (Fsp3) is 0.471. The van der Waals surface area contributed by atoms with E-state index in [0.29, 0.717) is 31.8 Å². The molecule has 0 spiro atoms. The van der Waals surface area contributed by atoms with Crippen molar-refractivity contribution < 1.29 is 14.3 Å². The monoisotopic (exact) mass is 358 g/mol. The largest absolute Gasteiger partial charge is 0.383 e. The third-order valence-corrected chi connectivity index (χ3v) is 4.33. The van der Waals surface area contributed by atoms with Crippen molar-refractivity contribution in [2.75, 3.05) is 26.8 Å². The summed E-state index contributed by atoms with van der Waals surface area (Å²) < 4.78 is 6.51. The van der Waals surface area contributed by atoms with Gasteiger partial charge in [-0.25, -0.2) is 4.68 Å². The molecule has 138 valence electrons. The van der Waals surface area contributed by atoms with Crippen molar-refractivity contribution in [2.45, 2.75) is 25.4 Å². The van der Waals surface area contributed by atoms with Gasteiger partial charge < -0.3 is 15.0 Å². The molecule has 2 aromatic heterocycles. The first kappa shape index (κ1) is 18.0. The van der Waals surface area contributed by atoms with Crippen molar-refractivity contribution >= 4 is 11.8 Å². The summed E-state index contributed by atoms with van der Waals surface area (Å²) in [7, 11) is 1.57. The molecule has 0 aromatic carbocycles. The molecule has 0 radical (unpaired) electrons. The first-order chi connectivity index (χ1) is 12.7. The number of nitrogens with zero attached hydrogens (tertiary/aromatic N) is 5. The lowest BCUT2D eigenvalue weighted by atomic mass is 10.2. The number of methoxy groups -OCH3 is 1. The molecular weight excluding hydrogens is 336 g/mol. The number of hydrogen-bond donors (Lipinski definition) is 1. The number of pyridine rings is 1. The van der Waals surface area contributed by atoms with Crippen LogP contribution in [0.15, 0.2) is 30.7 Å². The molecule has 0 unspecified atom stereocenters. The van der Waals surface area contributed by atoms with Crippen LogP contribution in [0.4, 0.5) is 0 Å². The Bertz CT molecular complexity index is 748. The van der Waals surface area contributed by atoms with Gasteiger partial charge in [0, 0.05) is 38.2 Å². The van der Waals surface area contributed by atoms with E-state index in [4.69, 9.17) is 4.74 Å². The summed E-state index contributed by atoms with van der Waals surface area (Å²) in [6.07, 6.45) is 6.68. The van der Waals surface area contributed by atoms with Crippen LogP contribution in [0.25, 0.3) is 0 Å². The third-order valence-electron chi connectivity index (χ3n) is 4.33. The highest BCUT2D eigenvalue weighted by Crippen LogP contribution is 2.21. The van der Waals surface area contributed by atoms with Gasteiger partial charge in [-0.15, -0.1) is 5.10 Å². The predicted molar refractivity (Wildman–Crippen MR) is 92.5 cm³/mol. The summed E-state index contributed by atoms with van der Waals surface area (Å²) in [5.74, 6) is -0.294. The fourth-order valence-electron chi connectivity index (χ4n) is 3.02. The summed E-state index contributed by atoms with van der Waals surface area (Å²) in [5.41, 5.74) is 0.884. The quantitative estimate of drug-likeness (QED) is 0.717. The Morgan fingerprint density at radius 1 is 1.35 bits per heavy atom. The number of carbonyl (C=O) groups is 2. The Labute approximate surface area is 151 Å². The van der Waals surface area contributed by atoms with Gasteiger partial charge in [0.2, 0.25) is 0 Å². The molecule has 3 heterocycles. The first-order valence-corrected chi connectivity index (χ1v) is 8.57. The lowest BCUT2D eigenvalue weighted by Gasteiger charge is -2.24. The maximum Gasteiger partial charge on any atom is 0.273 e. The van der Waals surface area contributed by atoms with Gasteiger partial charge in [-0.3, -0.25) is 14.6 Å².